The van der Waals surface area contributed by atoms with Crippen molar-refractivity contribution in [2.45, 2.75) is 33.6 Å². The molecule has 0 saturated carbocycles. The van der Waals surface area contributed by atoms with E-state index in [4.69, 9.17) is 10.5 Å². The largest absolute Gasteiger partial charge is 0.462 e. The van der Waals surface area contributed by atoms with Crippen LogP contribution in [0.3, 0.4) is 0 Å². The van der Waals surface area contributed by atoms with E-state index in [1.165, 1.54) is 0 Å². The van der Waals surface area contributed by atoms with Gasteiger partial charge in [-0.1, -0.05) is 13.8 Å². The Morgan fingerprint density at radius 1 is 1.53 bits per heavy atom. The van der Waals surface area contributed by atoms with Gasteiger partial charge in [0.15, 0.2) is 0 Å². The van der Waals surface area contributed by atoms with Crippen molar-refractivity contribution in [3.05, 3.63) is 17.8 Å². The van der Waals surface area contributed by atoms with Gasteiger partial charge in [-0.25, -0.2) is 9.78 Å². The molecule has 0 unspecified atom stereocenters. The van der Waals surface area contributed by atoms with Crippen LogP contribution in [0.15, 0.2) is 12.3 Å². The van der Waals surface area contributed by atoms with Crippen LogP contribution in [0.1, 0.15) is 44.0 Å². The second-order valence-corrected chi connectivity index (χ2v) is 4.80. The van der Waals surface area contributed by atoms with Gasteiger partial charge in [-0.15, -0.1) is 0 Å². The smallest absolute Gasteiger partial charge is 0.340 e. The average Bonchev–Trinajstić information content (AvgIpc) is 2.36. The highest BCUT2D eigenvalue weighted by atomic mass is 16.5. The summed E-state index contributed by atoms with van der Waals surface area (Å²) in [6.07, 6.45) is 3.75. The molecule has 106 valence electrons. The van der Waals surface area contributed by atoms with E-state index in [-0.39, 0.29) is 0 Å². The number of aromatic nitrogens is 1. The van der Waals surface area contributed by atoms with E-state index in [0.717, 1.165) is 19.4 Å². The van der Waals surface area contributed by atoms with E-state index in [9.17, 15) is 4.79 Å². The van der Waals surface area contributed by atoms with Crippen molar-refractivity contribution in [1.29, 1.82) is 0 Å². The summed E-state index contributed by atoms with van der Waals surface area (Å²) >= 11 is 0. The molecular weight excluding hydrogens is 242 g/mol. The summed E-state index contributed by atoms with van der Waals surface area (Å²) in [7, 11) is 0. The van der Waals surface area contributed by atoms with Gasteiger partial charge >= 0.3 is 5.97 Å². The highest BCUT2D eigenvalue weighted by molar-refractivity contribution is 5.97. The predicted octanol–water partition coefficient (Wildman–Crippen LogP) is 2.69. The minimum absolute atomic E-state index is 0.331. The standard InChI is InChI=1S/C14H23N3O2/c1-4-19-14(18)11-7-9-17-13(12(11)15)16-8-5-6-10(2)3/h7,9-10H,4-6,8,15H2,1-3H3,(H,16,17). The van der Waals surface area contributed by atoms with Gasteiger partial charge in [-0.2, -0.15) is 0 Å². The number of hydrogen-bond donors (Lipinski definition) is 2. The lowest BCUT2D eigenvalue weighted by Crippen LogP contribution is -2.12. The van der Waals surface area contributed by atoms with Gasteiger partial charge in [-0.05, 0) is 31.7 Å². The summed E-state index contributed by atoms with van der Waals surface area (Å²) < 4.78 is 4.95. The van der Waals surface area contributed by atoms with E-state index in [1.54, 1.807) is 19.2 Å². The number of nitrogen functional groups attached to an aromatic ring is 1. The molecular formula is C14H23N3O2. The minimum atomic E-state index is -0.410. The molecule has 1 rings (SSSR count). The van der Waals surface area contributed by atoms with Gasteiger partial charge in [0.2, 0.25) is 0 Å². The number of ether oxygens (including phenoxy) is 1. The van der Waals surface area contributed by atoms with E-state index in [2.05, 4.69) is 24.1 Å². The number of nitrogens with zero attached hydrogens (tertiary/aromatic N) is 1. The third kappa shape index (κ3) is 4.77. The Morgan fingerprint density at radius 3 is 2.89 bits per heavy atom. The number of anilines is 2. The molecule has 0 radical (unpaired) electrons. The lowest BCUT2D eigenvalue weighted by atomic mass is 10.1. The molecule has 5 heteroatoms. The summed E-state index contributed by atoms with van der Waals surface area (Å²) in [5.74, 6) is 0.819. The molecule has 0 spiro atoms. The van der Waals surface area contributed by atoms with Crippen molar-refractivity contribution in [3.8, 4) is 0 Å². The van der Waals surface area contributed by atoms with Crippen molar-refractivity contribution < 1.29 is 9.53 Å². The topological polar surface area (TPSA) is 77.2 Å². The first-order chi connectivity index (χ1) is 9.06. The maximum Gasteiger partial charge on any atom is 0.340 e. The van der Waals surface area contributed by atoms with E-state index in [1.807, 2.05) is 0 Å². The van der Waals surface area contributed by atoms with Crippen LogP contribution >= 0.6 is 0 Å². The second-order valence-electron chi connectivity index (χ2n) is 4.80. The van der Waals surface area contributed by atoms with E-state index in [0.29, 0.717) is 29.6 Å². The molecule has 1 aromatic heterocycles. The van der Waals surface area contributed by atoms with Gasteiger partial charge in [-0.3, -0.25) is 0 Å². The molecule has 0 atom stereocenters. The fraction of sp³-hybridized carbons (Fsp3) is 0.571. The predicted molar refractivity (Wildman–Crippen MR) is 77.2 cm³/mol. The number of carbonyl (C=O) groups is 1. The Kier molecular flexibility index (Phi) is 6.12. The molecule has 19 heavy (non-hydrogen) atoms. The van der Waals surface area contributed by atoms with Crippen LogP contribution in [0.2, 0.25) is 0 Å². The second kappa shape index (κ2) is 7.61. The molecule has 1 heterocycles. The first-order valence-corrected chi connectivity index (χ1v) is 6.71. The Bertz CT molecular complexity index is 419. The van der Waals surface area contributed by atoms with Crippen molar-refractivity contribution in [1.82, 2.24) is 4.98 Å². The van der Waals surface area contributed by atoms with Crippen LogP contribution in [0.25, 0.3) is 0 Å². The molecule has 0 aliphatic carbocycles. The van der Waals surface area contributed by atoms with Gasteiger partial charge in [0.25, 0.3) is 0 Å². The SMILES string of the molecule is CCOC(=O)c1ccnc(NCCCC(C)C)c1N. The van der Waals surface area contributed by atoms with Crippen molar-refractivity contribution in [2.24, 2.45) is 5.92 Å². The molecule has 0 saturated heterocycles. The zero-order chi connectivity index (χ0) is 14.3. The van der Waals surface area contributed by atoms with Gasteiger partial charge < -0.3 is 15.8 Å². The highest BCUT2D eigenvalue weighted by Crippen LogP contribution is 2.21. The zero-order valence-electron chi connectivity index (χ0n) is 11.9. The third-order valence-electron chi connectivity index (χ3n) is 2.74. The summed E-state index contributed by atoms with van der Waals surface area (Å²) in [6.45, 7) is 7.27. The Hall–Kier alpha value is -1.78. The van der Waals surface area contributed by atoms with Gasteiger partial charge in [0.1, 0.15) is 5.82 Å². The molecule has 0 bridgehead atoms. The van der Waals surface area contributed by atoms with E-state index >= 15 is 0 Å². The Morgan fingerprint density at radius 2 is 2.26 bits per heavy atom. The highest BCUT2D eigenvalue weighted by Gasteiger charge is 2.14. The number of esters is 1. The minimum Gasteiger partial charge on any atom is -0.462 e. The number of pyridine rings is 1. The summed E-state index contributed by atoms with van der Waals surface area (Å²) in [5, 5.41) is 3.16. The Balaban J connectivity index is 2.64. The van der Waals surface area contributed by atoms with Crippen molar-refractivity contribution >= 4 is 17.5 Å². The van der Waals surface area contributed by atoms with Crippen LogP contribution in [0.5, 0.6) is 0 Å². The number of nitrogens with one attached hydrogen (secondary N) is 1. The van der Waals surface area contributed by atoms with Gasteiger partial charge in [0, 0.05) is 12.7 Å². The summed E-state index contributed by atoms with van der Waals surface area (Å²) in [4.78, 5) is 15.8. The van der Waals surface area contributed by atoms with Crippen LogP contribution in [0.4, 0.5) is 11.5 Å². The monoisotopic (exact) mass is 265 g/mol. The first-order valence-electron chi connectivity index (χ1n) is 6.71. The number of rotatable bonds is 7. The normalized spacial score (nSPS) is 10.5. The Labute approximate surface area is 114 Å². The number of nitrogens with two attached hydrogens (primary N) is 1. The average molecular weight is 265 g/mol. The molecule has 0 aromatic carbocycles. The fourth-order valence-electron chi connectivity index (χ4n) is 1.72. The van der Waals surface area contributed by atoms with Crippen molar-refractivity contribution in [2.75, 3.05) is 24.2 Å². The molecule has 0 aliphatic heterocycles. The number of hydrogen-bond acceptors (Lipinski definition) is 5. The first kappa shape index (κ1) is 15.3. The van der Waals surface area contributed by atoms with E-state index < -0.39 is 5.97 Å². The van der Waals surface area contributed by atoms with Crippen LogP contribution in [0, 0.1) is 5.92 Å². The van der Waals surface area contributed by atoms with Crippen LogP contribution in [-0.2, 0) is 4.74 Å². The van der Waals surface area contributed by atoms with Crippen LogP contribution < -0.4 is 11.1 Å². The maximum atomic E-state index is 11.7. The fourth-order valence-corrected chi connectivity index (χ4v) is 1.72. The summed E-state index contributed by atoms with van der Waals surface area (Å²) in [6, 6.07) is 1.58. The summed E-state index contributed by atoms with van der Waals surface area (Å²) in [5.41, 5.74) is 6.65. The lowest BCUT2D eigenvalue weighted by Gasteiger charge is -2.11. The van der Waals surface area contributed by atoms with Gasteiger partial charge in [0.05, 0.1) is 17.9 Å². The lowest BCUT2D eigenvalue weighted by molar-refractivity contribution is 0.0527. The third-order valence-corrected chi connectivity index (χ3v) is 2.74. The quantitative estimate of drug-likeness (QED) is 0.585. The number of carbonyl (C=O) groups excluding carboxylic acids is 1. The van der Waals surface area contributed by atoms with Crippen molar-refractivity contribution in [3.63, 3.8) is 0 Å². The molecule has 5 nitrogen and oxygen atoms in total. The molecule has 3 N–H and O–H groups in total. The molecule has 0 fully saturated rings. The molecule has 0 aliphatic rings. The maximum absolute atomic E-state index is 11.7. The van der Waals surface area contributed by atoms with Crippen LogP contribution in [-0.4, -0.2) is 24.1 Å². The zero-order valence-corrected chi connectivity index (χ0v) is 11.9. The molecule has 0 amide bonds. The molecule has 1 aromatic rings.